The van der Waals surface area contributed by atoms with E-state index in [9.17, 15) is 4.79 Å². The van der Waals surface area contributed by atoms with Crippen LogP contribution < -0.4 is 15.4 Å². The summed E-state index contributed by atoms with van der Waals surface area (Å²) in [6, 6.07) is 5.81. The monoisotopic (exact) mass is 284 g/mol. The molecule has 0 saturated heterocycles. The van der Waals surface area contributed by atoms with Crippen LogP contribution in [0.2, 0.25) is 5.02 Å². The molecule has 0 heterocycles. The van der Waals surface area contributed by atoms with Gasteiger partial charge < -0.3 is 15.4 Å². The van der Waals surface area contributed by atoms with Gasteiger partial charge in [-0.05, 0) is 12.1 Å². The zero-order valence-electron chi connectivity index (χ0n) is 11.6. The van der Waals surface area contributed by atoms with Gasteiger partial charge in [0.2, 0.25) is 5.91 Å². The topological polar surface area (TPSA) is 50.4 Å². The van der Waals surface area contributed by atoms with Crippen LogP contribution in [0.5, 0.6) is 5.75 Å². The smallest absolute Gasteiger partial charge is 0.221 e. The second kappa shape index (κ2) is 8.02. The van der Waals surface area contributed by atoms with Crippen molar-refractivity contribution in [3.8, 4) is 5.75 Å². The number of amides is 1. The summed E-state index contributed by atoms with van der Waals surface area (Å²) < 4.78 is 5.22. The lowest BCUT2D eigenvalue weighted by molar-refractivity contribution is -0.121. The van der Waals surface area contributed by atoms with Crippen molar-refractivity contribution >= 4 is 17.5 Å². The predicted molar refractivity (Wildman–Crippen MR) is 77.6 cm³/mol. The molecule has 1 rings (SSSR count). The first-order chi connectivity index (χ1) is 9.04. The van der Waals surface area contributed by atoms with E-state index in [1.807, 2.05) is 26.0 Å². The largest absolute Gasteiger partial charge is 0.496 e. The highest BCUT2D eigenvalue weighted by Crippen LogP contribution is 2.25. The van der Waals surface area contributed by atoms with Gasteiger partial charge in [-0.2, -0.15) is 0 Å². The Kier molecular flexibility index (Phi) is 6.67. The Morgan fingerprint density at radius 2 is 2.16 bits per heavy atom. The first-order valence-corrected chi connectivity index (χ1v) is 6.74. The quantitative estimate of drug-likeness (QED) is 0.808. The van der Waals surface area contributed by atoms with Crippen LogP contribution in [0.15, 0.2) is 18.2 Å². The number of hydrogen-bond donors (Lipinski definition) is 2. The molecule has 0 aliphatic rings. The number of hydrogen-bond acceptors (Lipinski definition) is 3. The van der Waals surface area contributed by atoms with Gasteiger partial charge >= 0.3 is 0 Å². The third kappa shape index (κ3) is 5.49. The molecule has 0 aliphatic carbocycles. The van der Waals surface area contributed by atoms with Crippen molar-refractivity contribution in [2.45, 2.75) is 32.9 Å². The van der Waals surface area contributed by atoms with Crippen LogP contribution >= 0.6 is 11.6 Å². The molecule has 106 valence electrons. The highest BCUT2D eigenvalue weighted by Gasteiger charge is 2.09. The van der Waals surface area contributed by atoms with Crippen LogP contribution in [0.4, 0.5) is 0 Å². The van der Waals surface area contributed by atoms with Gasteiger partial charge in [-0.25, -0.2) is 0 Å². The van der Waals surface area contributed by atoms with Gasteiger partial charge in [0, 0.05) is 36.1 Å². The minimum absolute atomic E-state index is 0.00452. The first kappa shape index (κ1) is 15.8. The fourth-order valence-electron chi connectivity index (χ4n) is 1.65. The molecule has 1 amide bonds. The Morgan fingerprint density at radius 3 is 2.79 bits per heavy atom. The van der Waals surface area contributed by atoms with Crippen LogP contribution in [-0.2, 0) is 11.3 Å². The summed E-state index contributed by atoms with van der Waals surface area (Å²) in [5, 5.41) is 6.64. The maximum Gasteiger partial charge on any atom is 0.221 e. The van der Waals surface area contributed by atoms with Crippen LogP contribution in [0.25, 0.3) is 0 Å². The average Bonchev–Trinajstić information content (AvgIpc) is 2.36. The number of ether oxygens (including phenoxy) is 1. The normalized spacial score (nSPS) is 10.6. The number of halogens is 1. The Labute approximate surface area is 119 Å². The summed E-state index contributed by atoms with van der Waals surface area (Å²) in [6.45, 7) is 5.14. The van der Waals surface area contributed by atoms with E-state index < -0.39 is 0 Å². The second-order valence-corrected chi connectivity index (χ2v) is 4.96. The Bertz CT molecular complexity index is 422. The molecule has 0 aromatic heterocycles. The molecule has 1 aromatic rings. The minimum atomic E-state index is -0.00452. The molecule has 0 radical (unpaired) electrons. The summed E-state index contributed by atoms with van der Waals surface area (Å²) in [7, 11) is 1.59. The lowest BCUT2D eigenvalue weighted by Crippen LogP contribution is -2.30. The lowest BCUT2D eigenvalue weighted by Gasteiger charge is -2.12. The van der Waals surface area contributed by atoms with E-state index in [1.54, 1.807) is 13.2 Å². The molecular weight excluding hydrogens is 264 g/mol. The average molecular weight is 285 g/mol. The number of carbonyl (C=O) groups excluding carboxylic acids is 1. The molecule has 0 unspecified atom stereocenters. The van der Waals surface area contributed by atoms with Crippen molar-refractivity contribution in [3.05, 3.63) is 28.8 Å². The molecule has 0 spiro atoms. The van der Waals surface area contributed by atoms with E-state index in [0.29, 0.717) is 36.3 Å². The van der Waals surface area contributed by atoms with Gasteiger partial charge in [0.25, 0.3) is 0 Å². The molecule has 0 saturated carbocycles. The standard InChI is InChI=1S/C14H21ClN2O2/c1-10(2)16-8-7-14(18)17-9-11-12(15)5-4-6-13(11)19-3/h4-6,10,16H,7-9H2,1-3H3,(H,17,18). The maximum atomic E-state index is 11.7. The van der Waals surface area contributed by atoms with Crippen molar-refractivity contribution < 1.29 is 9.53 Å². The van der Waals surface area contributed by atoms with E-state index in [0.717, 1.165) is 5.56 Å². The second-order valence-electron chi connectivity index (χ2n) is 4.56. The van der Waals surface area contributed by atoms with Gasteiger partial charge in [-0.3, -0.25) is 4.79 Å². The van der Waals surface area contributed by atoms with Crippen molar-refractivity contribution in [3.63, 3.8) is 0 Å². The van der Waals surface area contributed by atoms with Gasteiger partial charge in [-0.1, -0.05) is 31.5 Å². The first-order valence-electron chi connectivity index (χ1n) is 6.36. The molecule has 0 atom stereocenters. The Hall–Kier alpha value is -1.26. The molecule has 19 heavy (non-hydrogen) atoms. The third-order valence-corrected chi connectivity index (χ3v) is 3.02. The lowest BCUT2D eigenvalue weighted by atomic mass is 10.2. The van der Waals surface area contributed by atoms with Crippen molar-refractivity contribution in [1.82, 2.24) is 10.6 Å². The van der Waals surface area contributed by atoms with Crippen LogP contribution in [0.3, 0.4) is 0 Å². The molecule has 2 N–H and O–H groups in total. The summed E-state index contributed by atoms with van der Waals surface area (Å²) in [6.07, 6.45) is 0.449. The number of nitrogens with one attached hydrogen (secondary N) is 2. The van der Waals surface area contributed by atoms with E-state index in [4.69, 9.17) is 16.3 Å². The zero-order chi connectivity index (χ0) is 14.3. The summed E-state index contributed by atoms with van der Waals surface area (Å²) in [4.78, 5) is 11.7. The molecule has 0 aliphatic heterocycles. The van der Waals surface area contributed by atoms with Crippen LogP contribution in [-0.4, -0.2) is 25.6 Å². The maximum absolute atomic E-state index is 11.7. The minimum Gasteiger partial charge on any atom is -0.496 e. The Morgan fingerprint density at radius 1 is 1.42 bits per heavy atom. The predicted octanol–water partition coefficient (Wildman–Crippen LogP) is 2.35. The summed E-state index contributed by atoms with van der Waals surface area (Å²) in [5.41, 5.74) is 0.803. The van der Waals surface area contributed by atoms with E-state index >= 15 is 0 Å². The number of benzene rings is 1. The molecule has 4 nitrogen and oxygen atoms in total. The molecule has 0 bridgehead atoms. The van der Waals surface area contributed by atoms with Crippen molar-refractivity contribution in [2.24, 2.45) is 0 Å². The highest BCUT2D eigenvalue weighted by molar-refractivity contribution is 6.31. The number of carbonyl (C=O) groups is 1. The SMILES string of the molecule is COc1cccc(Cl)c1CNC(=O)CCNC(C)C. The van der Waals surface area contributed by atoms with Gasteiger partial charge in [0.15, 0.2) is 0 Å². The van der Waals surface area contributed by atoms with Crippen molar-refractivity contribution in [2.75, 3.05) is 13.7 Å². The number of methoxy groups -OCH3 is 1. The van der Waals surface area contributed by atoms with Gasteiger partial charge in [0.05, 0.1) is 7.11 Å². The van der Waals surface area contributed by atoms with E-state index in [1.165, 1.54) is 0 Å². The van der Waals surface area contributed by atoms with Gasteiger partial charge in [0.1, 0.15) is 5.75 Å². The van der Waals surface area contributed by atoms with E-state index in [-0.39, 0.29) is 5.91 Å². The summed E-state index contributed by atoms with van der Waals surface area (Å²) >= 11 is 6.09. The highest BCUT2D eigenvalue weighted by atomic mass is 35.5. The molecule has 5 heteroatoms. The fraction of sp³-hybridized carbons (Fsp3) is 0.500. The molecule has 1 aromatic carbocycles. The molecular formula is C14H21ClN2O2. The third-order valence-electron chi connectivity index (χ3n) is 2.66. The molecule has 0 fully saturated rings. The zero-order valence-corrected chi connectivity index (χ0v) is 12.4. The Balaban J connectivity index is 2.46. The van der Waals surface area contributed by atoms with E-state index in [2.05, 4.69) is 10.6 Å². The number of rotatable bonds is 7. The fourth-order valence-corrected chi connectivity index (χ4v) is 1.88. The van der Waals surface area contributed by atoms with Crippen LogP contribution in [0.1, 0.15) is 25.8 Å². The van der Waals surface area contributed by atoms with Crippen LogP contribution in [0, 0.1) is 0 Å². The summed E-state index contributed by atoms with van der Waals surface area (Å²) in [5.74, 6) is 0.684. The van der Waals surface area contributed by atoms with Crippen molar-refractivity contribution in [1.29, 1.82) is 0 Å². The van der Waals surface area contributed by atoms with Gasteiger partial charge in [-0.15, -0.1) is 0 Å².